The van der Waals surface area contributed by atoms with Gasteiger partial charge in [-0.15, -0.1) is 0 Å². The molecule has 0 bridgehead atoms. The van der Waals surface area contributed by atoms with E-state index < -0.39 is 28.4 Å². The Kier molecular flexibility index (Phi) is 5.23. The summed E-state index contributed by atoms with van der Waals surface area (Å²) in [6.07, 6.45) is 0.427. The molecule has 0 fully saturated rings. The summed E-state index contributed by atoms with van der Waals surface area (Å²) in [5.74, 6) is -1.70. The van der Waals surface area contributed by atoms with E-state index in [0.29, 0.717) is 12.0 Å². The van der Waals surface area contributed by atoms with Crippen molar-refractivity contribution in [3.05, 3.63) is 29.3 Å². The fourth-order valence-corrected chi connectivity index (χ4v) is 2.87. The third-order valence-corrected chi connectivity index (χ3v) is 4.17. The molecular weight excluding hydrogens is 284 g/mol. The van der Waals surface area contributed by atoms with Crippen LogP contribution in [0.2, 0.25) is 0 Å². The number of hydrogen-bond donors (Lipinski definition) is 3. The molecule has 1 amide bonds. The minimum absolute atomic E-state index is 0.121. The number of amides is 1. The Labute approximate surface area is 117 Å². The number of carboxylic acids is 1. The molecule has 0 radical (unpaired) electrons. The molecule has 0 heterocycles. The summed E-state index contributed by atoms with van der Waals surface area (Å²) in [5, 5.41) is 11.2. The van der Waals surface area contributed by atoms with Crippen LogP contribution in [0.25, 0.3) is 0 Å². The van der Waals surface area contributed by atoms with Gasteiger partial charge in [0.25, 0.3) is 0 Å². The lowest BCUT2D eigenvalue weighted by Crippen LogP contribution is -2.35. The average Bonchev–Trinajstić information content (AvgIpc) is 2.43. The molecule has 0 unspecified atom stereocenters. The SMILES string of the molecule is CCc1ccc(C(=O)O)cc1S(=O)(=O)NCC(=O)NC. The van der Waals surface area contributed by atoms with Gasteiger partial charge in [0.15, 0.2) is 0 Å². The highest BCUT2D eigenvalue weighted by atomic mass is 32.2. The first kappa shape index (κ1) is 16.1. The van der Waals surface area contributed by atoms with Crippen molar-refractivity contribution in [2.24, 2.45) is 0 Å². The van der Waals surface area contributed by atoms with Crippen molar-refractivity contribution >= 4 is 21.9 Å². The van der Waals surface area contributed by atoms with Gasteiger partial charge in [-0.05, 0) is 24.1 Å². The lowest BCUT2D eigenvalue weighted by molar-refractivity contribution is -0.119. The van der Waals surface area contributed by atoms with E-state index in [-0.39, 0.29) is 10.5 Å². The third kappa shape index (κ3) is 3.78. The van der Waals surface area contributed by atoms with E-state index in [1.807, 2.05) is 0 Å². The zero-order valence-electron chi connectivity index (χ0n) is 11.1. The highest BCUT2D eigenvalue weighted by Crippen LogP contribution is 2.18. The van der Waals surface area contributed by atoms with Gasteiger partial charge in [-0.25, -0.2) is 17.9 Å². The van der Waals surface area contributed by atoms with Crippen LogP contribution in [0.3, 0.4) is 0 Å². The number of carbonyl (C=O) groups is 2. The quantitative estimate of drug-likeness (QED) is 0.683. The molecule has 8 heteroatoms. The van der Waals surface area contributed by atoms with Gasteiger partial charge in [-0.2, -0.15) is 0 Å². The molecule has 1 aromatic rings. The molecule has 110 valence electrons. The zero-order chi connectivity index (χ0) is 15.3. The van der Waals surface area contributed by atoms with Crippen molar-refractivity contribution < 1.29 is 23.1 Å². The minimum Gasteiger partial charge on any atom is -0.478 e. The predicted octanol–water partition coefficient (Wildman–Crippen LogP) is -0.0285. The maximum atomic E-state index is 12.1. The summed E-state index contributed by atoms with van der Waals surface area (Å²) in [7, 11) is -2.55. The number of aromatic carboxylic acids is 1. The molecule has 1 rings (SSSR count). The second-order valence-electron chi connectivity index (χ2n) is 3.98. The van der Waals surface area contributed by atoms with Gasteiger partial charge in [-0.3, -0.25) is 4.79 Å². The highest BCUT2D eigenvalue weighted by Gasteiger charge is 2.20. The van der Waals surface area contributed by atoms with Crippen molar-refractivity contribution in [3.8, 4) is 0 Å². The molecule has 0 aliphatic carbocycles. The first-order chi connectivity index (χ1) is 9.31. The van der Waals surface area contributed by atoms with Gasteiger partial charge in [0, 0.05) is 7.05 Å². The predicted molar refractivity (Wildman–Crippen MR) is 72.0 cm³/mol. The van der Waals surface area contributed by atoms with Crippen LogP contribution in [0.15, 0.2) is 23.1 Å². The molecule has 0 atom stereocenters. The van der Waals surface area contributed by atoms with E-state index in [1.165, 1.54) is 19.2 Å². The Morgan fingerprint density at radius 1 is 1.30 bits per heavy atom. The van der Waals surface area contributed by atoms with E-state index in [0.717, 1.165) is 6.07 Å². The molecule has 0 spiro atoms. The van der Waals surface area contributed by atoms with E-state index in [1.54, 1.807) is 6.92 Å². The number of likely N-dealkylation sites (N-methyl/N-ethyl adjacent to an activating group) is 1. The number of nitrogens with one attached hydrogen (secondary N) is 2. The van der Waals surface area contributed by atoms with Crippen LogP contribution in [-0.4, -0.2) is 39.0 Å². The van der Waals surface area contributed by atoms with Gasteiger partial charge >= 0.3 is 5.97 Å². The van der Waals surface area contributed by atoms with Crippen LogP contribution in [0.5, 0.6) is 0 Å². The number of aryl methyl sites for hydroxylation is 1. The number of hydrogen-bond acceptors (Lipinski definition) is 4. The number of benzene rings is 1. The van der Waals surface area contributed by atoms with Crippen LogP contribution in [-0.2, 0) is 21.2 Å². The third-order valence-electron chi connectivity index (χ3n) is 2.69. The first-order valence-electron chi connectivity index (χ1n) is 5.88. The van der Waals surface area contributed by atoms with Crippen LogP contribution < -0.4 is 10.0 Å². The molecular formula is C12H16N2O5S. The smallest absolute Gasteiger partial charge is 0.335 e. The number of rotatable bonds is 6. The van der Waals surface area contributed by atoms with Crippen molar-refractivity contribution in [2.45, 2.75) is 18.2 Å². The van der Waals surface area contributed by atoms with Crippen LogP contribution in [0.1, 0.15) is 22.8 Å². The van der Waals surface area contributed by atoms with Gasteiger partial charge in [0.1, 0.15) is 0 Å². The minimum atomic E-state index is -3.94. The van der Waals surface area contributed by atoms with E-state index in [2.05, 4.69) is 10.0 Å². The maximum Gasteiger partial charge on any atom is 0.335 e. The molecule has 0 saturated carbocycles. The first-order valence-corrected chi connectivity index (χ1v) is 7.36. The van der Waals surface area contributed by atoms with Crippen molar-refractivity contribution in [2.75, 3.05) is 13.6 Å². The van der Waals surface area contributed by atoms with Gasteiger partial charge in [0.2, 0.25) is 15.9 Å². The van der Waals surface area contributed by atoms with Crippen molar-refractivity contribution in [1.29, 1.82) is 0 Å². The topological polar surface area (TPSA) is 113 Å². The summed E-state index contributed by atoms with van der Waals surface area (Å²) in [6.45, 7) is 1.35. The largest absolute Gasteiger partial charge is 0.478 e. The van der Waals surface area contributed by atoms with Crippen LogP contribution in [0.4, 0.5) is 0 Å². The van der Waals surface area contributed by atoms with E-state index in [4.69, 9.17) is 5.11 Å². The fourth-order valence-electron chi connectivity index (χ4n) is 1.56. The standard InChI is InChI=1S/C12H16N2O5S/c1-3-8-4-5-9(12(16)17)6-10(8)20(18,19)14-7-11(15)13-2/h4-6,14H,3,7H2,1-2H3,(H,13,15)(H,16,17). The summed E-state index contributed by atoms with van der Waals surface area (Å²) < 4.78 is 26.4. The summed E-state index contributed by atoms with van der Waals surface area (Å²) in [6, 6.07) is 3.89. The highest BCUT2D eigenvalue weighted by molar-refractivity contribution is 7.89. The Hall–Kier alpha value is -1.93. The summed E-state index contributed by atoms with van der Waals surface area (Å²) in [5.41, 5.74) is 0.363. The Morgan fingerprint density at radius 3 is 2.45 bits per heavy atom. The Bertz CT molecular complexity index is 625. The second kappa shape index (κ2) is 6.49. The number of carboxylic acid groups (broad SMARTS) is 1. The van der Waals surface area contributed by atoms with Crippen LogP contribution >= 0.6 is 0 Å². The molecule has 0 aliphatic heterocycles. The van der Waals surface area contributed by atoms with Gasteiger partial charge in [0.05, 0.1) is 17.0 Å². The van der Waals surface area contributed by atoms with Crippen molar-refractivity contribution in [3.63, 3.8) is 0 Å². The molecule has 1 aromatic carbocycles. The molecule has 0 aromatic heterocycles. The average molecular weight is 300 g/mol. The normalized spacial score (nSPS) is 11.1. The van der Waals surface area contributed by atoms with Gasteiger partial charge < -0.3 is 10.4 Å². The Balaban J connectivity index is 3.18. The van der Waals surface area contributed by atoms with E-state index >= 15 is 0 Å². The van der Waals surface area contributed by atoms with Crippen molar-refractivity contribution in [1.82, 2.24) is 10.0 Å². The fraction of sp³-hybridized carbons (Fsp3) is 0.333. The number of sulfonamides is 1. The summed E-state index contributed by atoms with van der Waals surface area (Å²) >= 11 is 0. The van der Waals surface area contributed by atoms with Crippen LogP contribution in [0, 0.1) is 0 Å². The molecule has 20 heavy (non-hydrogen) atoms. The second-order valence-corrected chi connectivity index (χ2v) is 5.71. The number of carbonyl (C=O) groups excluding carboxylic acids is 1. The lowest BCUT2D eigenvalue weighted by atomic mass is 10.1. The molecule has 7 nitrogen and oxygen atoms in total. The molecule has 0 saturated heterocycles. The monoisotopic (exact) mass is 300 g/mol. The Morgan fingerprint density at radius 2 is 1.95 bits per heavy atom. The lowest BCUT2D eigenvalue weighted by Gasteiger charge is -2.11. The summed E-state index contributed by atoms with van der Waals surface area (Å²) in [4.78, 5) is 21.9. The molecule has 0 aliphatic rings. The zero-order valence-corrected chi connectivity index (χ0v) is 12.0. The maximum absolute atomic E-state index is 12.1. The molecule has 3 N–H and O–H groups in total. The van der Waals surface area contributed by atoms with Gasteiger partial charge in [-0.1, -0.05) is 13.0 Å². The van der Waals surface area contributed by atoms with E-state index in [9.17, 15) is 18.0 Å².